The number of rotatable bonds is 10. The Morgan fingerprint density at radius 1 is 1.06 bits per heavy atom. The van der Waals surface area contributed by atoms with E-state index in [1.54, 1.807) is 0 Å². The van der Waals surface area contributed by atoms with E-state index in [1.807, 2.05) is 0 Å². The predicted octanol–water partition coefficient (Wildman–Crippen LogP) is 5.71. The second kappa shape index (κ2) is 9.36. The molecular formula is C16H31BrO. The van der Waals surface area contributed by atoms with Crippen molar-refractivity contribution in [2.75, 3.05) is 11.9 Å². The van der Waals surface area contributed by atoms with Crippen LogP contribution in [0.4, 0.5) is 0 Å². The zero-order chi connectivity index (χ0) is 13.3. The predicted molar refractivity (Wildman–Crippen MR) is 83.5 cm³/mol. The average Bonchev–Trinajstić information content (AvgIpc) is 2.75. The van der Waals surface area contributed by atoms with Gasteiger partial charge in [-0.2, -0.15) is 0 Å². The first-order chi connectivity index (χ1) is 8.75. The highest BCUT2D eigenvalue weighted by molar-refractivity contribution is 9.09. The van der Waals surface area contributed by atoms with Crippen LogP contribution in [0.1, 0.15) is 78.1 Å². The monoisotopic (exact) mass is 318 g/mol. The standard InChI is InChI=1S/C16H31BrO/c1-3-4-5-6-7-8-9-10-11-16(14-17)12-13-18-15(16)2/h15H,3-14H2,1-2H3. The Labute approximate surface area is 122 Å². The smallest absolute Gasteiger partial charge is 0.0612 e. The second-order valence-corrected chi connectivity index (χ2v) is 6.54. The third-order valence-corrected chi connectivity index (χ3v) is 5.74. The summed E-state index contributed by atoms with van der Waals surface area (Å²) in [6.07, 6.45) is 14.3. The fraction of sp³-hybridized carbons (Fsp3) is 1.00. The first kappa shape index (κ1) is 16.5. The van der Waals surface area contributed by atoms with Crippen LogP contribution in [0.25, 0.3) is 0 Å². The minimum absolute atomic E-state index is 0.433. The summed E-state index contributed by atoms with van der Waals surface area (Å²) >= 11 is 3.71. The number of hydrogen-bond acceptors (Lipinski definition) is 1. The van der Waals surface area contributed by atoms with E-state index in [2.05, 4.69) is 29.8 Å². The number of halogens is 1. The highest BCUT2D eigenvalue weighted by atomic mass is 79.9. The normalized spacial score (nSPS) is 27.8. The largest absolute Gasteiger partial charge is 0.378 e. The van der Waals surface area contributed by atoms with Crippen LogP contribution in [0.2, 0.25) is 0 Å². The minimum Gasteiger partial charge on any atom is -0.378 e. The van der Waals surface area contributed by atoms with E-state index >= 15 is 0 Å². The van der Waals surface area contributed by atoms with E-state index in [0.29, 0.717) is 11.5 Å². The van der Waals surface area contributed by atoms with Crippen molar-refractivity contribution in [2.45, 2.75) is 84.2 Å². The quantitative estimate of drug-likeness (QED) is 0.370. The molecule has 1 fully saturated rings. The van der Waals surface area contributed by atoms with Crippen LogP contribution in [0.5, 0.6) is 0 Å². The Bertz CT molecular complexity index is 207. The van der Waals surface area contributed by atoms with Crippen LogP contribution < -0.4 is 0 Å². The lowest BCUT2D eigenvalue weighted by Crippen LogP contribution is -2.30. The average molecular weight is 319 g/mol. The summed E-state index contributed by atoms with van der Waals surface area (Å²) in [6.45, 7) is 5.49. The summed E-state index contributed by atoms with van der Waals surface area (Å²) in [7, 11) is 0. The maximum atomic E-state index is 5.75. The van der Waals surface area contributed by atoms with Crippen LogP contribution in [0.15, 0.2) is 0 Å². The van der Waals surface area contributed by atoms with Crippen molar-refractivity contribution in [3.05, 3.63) is 0 Å². The molecule has 18 heavy (non-hydrogen) atoms. The lowest BCUT2D eigenvalue weighted by Gasteiger charge is -2.30. The van der Waals surface area contributed by atoms with Gasteiger partial charge in [-0.1, -0.05) is 74.2 Å². The van der Waals surface area contributed by atoms with Gasteiger partial charge in [0.25, 0.3) is 0 Å². The van der Waals surface area contributed by atoms with E-state index in [1.165, 1.54) is 64.2 Å². The summed E-state index contributed by atoms with van der Waals surface area (Å²) in [5, 5.41) is 1.11. The van der Waals surface area contributed by atoms with Gasteiger partial charge >= 0.3 is 0 Å². The Morgan fingerprint density at radius 2 is 1.67 bits per heavy atom. The molecule has 2 atom stereocenters. The van der Waals surface area contributed by atoms with Crippen LogP contribution in [0.3, 0.4) is 0 Å². The molecule has 1 heterocycles. The van der Waals surface area contributed by atoms with E-state index in [-0.39, 0.29) is 0 Å². The number of alkyl halides is 1. The first-order valence-corrected chi connectivity index (χ1v) is 9.05. The molecule has 1 rings (SSSR count). The summed E-state index contributed by atoms with van der Waals surface area (Å²) in [5.41, 5.74) is 0.433. The molecule has 0 aliphatic carbocycles. The van der Waals surface area contributed by atoms with Gasteiger partial charge in [-0.05, 0) is 19.8 Å². The van der Waals surface area contributed by atoms with Crippen LogP contribution >= 0.6 is 15.9 Å². The second-order valence-electron chi connectivity index (χ2n) is 5.98. The van der Waals surface area contributed by atoms with Crippen molar-refractivity contribution in [1.82, 2.24) is 0 Å². The number of ether oxygens (including phenoxy) is 1. The van der Waals surface area contributed by atoms with Gasteiger partial charge in [-0.3, -0.25) is 0 Å². The molecule has 0 spiro atoms. The van der Waals surface area contributed by atoms with Gasteiger partial charge in [0.05, 0.1) is 6.10 Å². The molecule has 0 N–H and O–H groups in total. The van der Waals surface area contributed by atoms with Gasteiger partial charge in [-0.25, -0.2) is 0 Å². The highest BCUT2D eigenvalue weighted by Crippen LogP contribution is 2.41. The van der Waals surface area contributed by atoms with Crippen molar-refractivity contribution in [3.63, 3.8) is 0 Å². The van der Waals surface area contributed by atoms with Gasteiger partial charge in [0.2, 0.25) is 0 Å². The molecule has 108 valence electrons. The molecule has 2 unspecified atom stereocenters. The molecule has 2 heteroatoms. The third-order valence-electron chi connectivity index (χ3n) is 4.62. The molecule has 0 radical (unpaired) electrons. The van der Waals surface area contributed by atoms with Crippen molar-refractivity contribution >= 4 is 15.9 Å². The molecule has 0 amide bonds. The van der Waals surface area contributed by atoms with Crippen molar-refractivity contribution in [1.29, 1.82) is 0 Å². The molecule has 1 aliphatic heterocycles. The molecule has 0 aromatic heterocycles. The van der Waals surface area contributed by atoms with Crippen molar-refractivity contribution in [3.8, 4) is 0 Å². The van der Waals surface area contributed by atoms with E-state index < -0.39 is 0 Å². The van der Waals surface area contributed by atoms with Crippen molar-refractivity contribution < 1.29 is 4.74 Å². The summed E-state index contributed by atoms with van der Waals surface area (Å²) in [4.78, 5) is 0. The van der Waals surface area contributed by atoms with Crippen LogP contribution in [-0.4, -0.2) is 18.0 Å². The van der Waals surface area contributed by atoms with Crippen molar-refractivity contribution in [2.24, 2.45) is 5.41 Å². The fourth-order valence-corrected chi connectivity index (χ4v) is 4.02. The van der Waals surface area contributed by atoms with Gasteiger partial charge in [-0.15, -0.1) is 0 Å². The molecule has 0 saturated carbocycles. The topological polar surface area (TPSA) is 9.23 Å². The van der Waals surface area contributed by atoms with Gasteiger partial charge < -0.3 is 4.74 Å². The first-order valence-electron chi connectivity index (χ1n) is 7.93. The number of hydrogen-bond donors (Lipinski definition) is 0. The fourth-order valence-electron chi connectivity index (χ4n) is 3.00. The van der Waals surface area contributed by atoms with Crippen LogP contribution in [-0.2, 0) is 4.74 Å². The SMILES string of the molecule is CCCCCCCCCCC1(CBr)CCOC1C. The van der Waals surface area contributed by atoms with Gasteiger partial charge in [0, 0.05) is 17.4 Å². The lowest BCUT2D eigenvalue weighted by atomic mass is 9.79. The van der Waals surface area contributed by atoms with Crippen LogP contribution in [0, 0.1) is 5.41 Å². The molecule has 0 bridgehead atoms. The third kappa shape index (κ3) is 5.21. The summed E-state index contributed by atoms with van der Waals surface area (Å²) in [6, 6.07) is 0. The Morgan fingerprint density at radius 3 is 2.17 bits per heavy atom. The van der Waals surface area contributed by atoms with E-state index in [0.717, 1.165) is 11.9 Å². The Kier molecular flexibility index (Phi) is 8.58. The lowest BCUT2D eigenvalue weighted by molar-refractivity contribution is 0.0694. The Hall–Kier alpha value is 0.440. The molecule has 1 saturated heterocycles. The molecule has 1 aliphatic rings. The maximum absolute atomic E-state index is 5.75. The summed E-state index contributed by atoms with van der Waals surface area (Å²) in [5.74, 6) is 0. The zero-order valence-electron chi connectivity index (χ0n) is 12.3. The molecule has 0 aromatic carbocycles. The minimum atomic E-state index is 0.433. The molecular weight excluding hydrogens is 288 g/mol. The zero-order valence-corrected chi connectivity index (χ0v) is 13.9. The van der Waals surface area contributed by atoms with Gasteiger partial charge in [0.15, 0.2) is 0 Å². The van der Waals surface area contributed by atoms with E-state index in [4.69, 9.17) is 4.74 Å². The van der Waals surface area contributed by atoms with E-state index in [9.17, 15) is 0 Å². The molecule has 0 aromatic rings. The Balaban J connectivity index is 2.03. The number of unbranched alkanes of at least 4 members (excludes halogenated alkanes) is 7. The maximum Gasteiger partial charge on any atom is 0.0612 e. The summed E-state index contributed by atoms with van der Waals surface area (Å²) < 4.78 is 5.75. The van der Waals surface area contributed by atoms with Gasteiger partial charge in [0.1, 0.15) is 0 Å². The molecule has 1 nitrogen and oxygen atoms in total. The highest BCUT2D eigenvalue weighted by Gasteiger charge is 2.39.